The second kappa shape index (κ2) is 75.3. The van der Waals surface area contributed by atoms with E-state index in [9.17, 15) is 19.8 Å². The van der Waals surface area contributed by atoms with Gasteiger partial charge in [-0.2, -0.15) is 0 Å². The molecule has 1 amide bonds. The predicted octanol–water partition coefficient (Wildman–Crippen LogP) is 26.1. The zero-order valence-electron chi connectivity index (χ0n) is 58.4. The van der Waals surface area contributed by atoms with E-state index in [0.717, 1.165) is 38.5 Å². The highest BCUT2D eigenvalue weighted by molar-refractivity contribution is 5.76. The maximum absolute atomic E-state index is 12.6. The van der Waals surface area contributed by atoms with Crippen LogP contribution in [0.5, 0.6) is 0 Å². The lowest BCUT2D eigenvalue weighted by Gasteiger charge is -2.22. The first kappa shape index (κ1) is 83.9. The molecule has 0 aromatic carbocycles. The molecule has 0 spiro atoms. The van der Waals surface area contributed by atoms with Crippen LogP contribution in [0.1, 0.15) is 470 Å². The Labute approximate surface area is 534 Å². The Balaban J connectivity index is 3.33. The molecule has 0 saturated heterocycles. The van der Waals surface area contributed by atoms with Crippen LogP contribution in [-0.4, -0.2) is 47.4 Å². The van der Waals surface area contributed by atoms with Gasteiger partial charge in [0.05, 0.1) is 25.4 Å². The summed E-state index contributed by atoms with van der Waals surface area (Å²) in [6.07, 6.45) is 93.3. The molecule has 0 aliphatic carbocycles. The van der Waals surface area contributed by atoms with Crippen LogP contribution < -0.4 is 5.32 Å². The number of carbonyl (C=O) groups excluding carboxylic acids is 2. The molecular weight excluding hydrogens is 1040 g/mol. The van der Waals surface area contributed by atoms with Crippen LogP contribution in [0.3, 0.4) is 0 Å². The Hall–Kier alpha value is -1.14. The average Bonchev–Trinajstić information content (AvgIpc) is 3.51. The molecule has 0 aliphatic rings. The number of hydrogen-bond acceptors (Lipinski definition) is 5. The third-order valence-corrected chi connectivity index (χ3v) is 19.2. The van der Waals surface area contributed by atoms with Crippen LogP contribution in [0.2, 0.25) is 0 Å². The van der Waals surface area contributed by atoms with Gasteiger partial charge in [0.1, 0.15) is 0 Å². The van der Waals surface area contributed by atoms with Gasteiger partial charge in [-0.1, -0.05) is 431 Å². The lowest BCUT2D eigenvalue weighted by Crippen LogP contribution is -2.45. The number of amides is 1. The number of carbonyl (C=O) groups is 2. The van der Waals surface area contributed by atoms with Gasteiger partial charge in [0.2, 0.25) is 5.91 Å². The number of hydrogen-bond donors (Lipinski definition) is 3. The fraction of sp³-hybridized carbons (Fsp3) is 0.975. The summed E-state index contributed by atoms with van der Waals surface area (Å²) in [5.74, 6) is -0.00251. The summed E-state index contributed by atoms with van der Waals surface area (Å²) in [5, 5.41) is 23.5. The van der Waals surface area contributed by atoms with E-state index in [-0.39, 0.29) is 18.5 Å². The number of aliphatic hydroxyl groups excluding tert-OH is 2. The number of unbranched alkanes of at least 4 members (excludes halogenated alkanes) is 65. The molecule has 0 rings (SSSR count). The van der Waals surface area contributed by atoms with E-state index in [2.05, 4.69) is 19.2 Å². The van der Waals surface area contributed by atoms with Crippen LogP contribution in [0.4, 0.5) is 0 Å². The topological polar surface area (TPSA) is 95.9 Å². The van der Waals surface area contributed by atoms with Crippen molar-refractivity contribution in [2.45, 2.75) is 482 Å². The standard InChI is InChI=1S/C79H157NO5/c1-3-5-7-9-11-13-15-17-19-21-23-24-25-30-33-36-39-43-47-51-55-59-63-67-71-77(82)76(75-81)80-78(83)72-68-64-60-56-52-48-44-40-37-34-31-28-26-27-29-32-35-38-42-46-50-54-58-62-66-70-74-85-79(84)73-69-65-61-57-53-49-45-41-22-20-18-16-14-12-10-8-6-4-2/h76-77,81-82H,3-75H2,1-2H3,(H,80,83). The van der Waals surface area contributed by atoms with Crippen molar-refractivity contribution in [3.05, 3.63) is 0 Å². The van der Waals surface area contributed by atoms with Gasteiger partial charge in [-0.05, 0) is 25.7 Å². The molecular formula is C79H157NO5. The van der Waals surface area contributed by atoms with E-state index in [1.807, 2.05) is 0 Å². The first-order valence-electron chi connectivity index (χ1n) is 39.8. The van der Waals surface area contributed by atoms with Crippen molar-refractivity contribution in [3.8, 4) is 0 Å². The summed E-state index contributed by atoms with van der Waals surface area (Å²) >= 11 is 0. The maximum atomic E-state index is 12.6. The van der Waals surface area contributed by atoms with Crippen molar-refractivity contribution in [1.29, 1.82) is 0 Å². The number of aliphatic hydroxyl groups is 2. The normalized spacial score (nSPS) is 12.4. The molecule has 2 atom stereocenters. The van der Waals surface area contributed by atoms with E-state index in [0.29, 0.717) is 25.9 Å². The molecule has 3 N–H and O–H groups in total. The molecule has 0 radical (unpaired) electrons. The van der Waals surface area contributed by atoms with E-state index < -0.39 is 12.1 Å². The average molecular weight is 1200 g/mol. The largest absolute Gasteiger partial charge is 0.466 e. The Morgan fingerprint density at radius 2 is 0.482 bits per heavy atom. The molecule has 0 aromatic rings. The van der Waals surface area contributed by atoms with Crippen LogP contribution in [-0.2, 0) is 14.3 Å². The van der Waals surface area contributed by atoms with Gasteiger partial charge in [-0.25, -0.2) is 0 Å². The summed E-state index contributed by atoms with van der Waals surface area (Å²) in [4.78, 5) is 24.7. The SMILES string of the molecule is CCCCCCCCCCCCCCCCCCCCCCCCCCC(O)C(CO)NC(=O)CCCCCCCCCCCCCCCCCCCCCCCCCCCCOC(=O)CCCCCCCCCCCCCCCCCCCC. The summed E-state index contributed by atoms with van der Waals surface area (Å²) in [6, 6.07) is -0.540. The van der Waals surface area contributed by atoms with Gasteiger partial charge < -0.3 is 20.3 Å². The van der Waals surface area contributed by atoms with E-state index in [1.165, 1.54) is 398 Å². The zero-order chi connectivity index (χ0) is 61.3. The van der Waals surface area contributed by atoms with Gasteiger partial charge in [-0.3, -0.25) is 9.59 Å². The molecule has 85 heavy (non-hydrogen) atoms. The van der Waals surface area contributed by atoms with Crippen molar-refractivity contribution in [2.24, 2.45) is 0 Å². The molecule has 0 aromatic heterocycles. The predicted molar refractivity (Wildman–Crippen MR) is 375 cm³/mol. The summed E-state index contributed by atoms with van der Waals surface area (Å²) in [6.45, 7) is 5.02. The monoisotopic (exact) mass is 1200 g/mol. The highest BCUT2D eigenvalue weighted by Gasteiger charge is 2.20. The van der Waals surface area contributed by atoms with Crippen molar-refractivity contribution in [1.82, 2.24) is 5.32 Å². The third kappa shape index (κ3) is 71.8. The van der Waals surface area contributed by atoms with Gasteiger partial charge >= 0.3 is 5.97 Å². The first-order valence-corrected chi connectivity index (χ1v) is 39.8. The third-order valence-electron chi connectivity index (χ3n) is 19.2. The van der Waals surface area contributed by atoms with Crippen LogP contribution in [0, 0.1) is 0 Å². The molecule has 2 unspecified atom stereocenters. The Morgan fingerprint density at radius 3 is 0.718 bits per heavy atom. The molecule has 0 heterocycles. The van der Waals surface area contributed by atoms with Gasteiger partial charge in [0, 0.05) is 12.8 Å². The van der Waals surface area contributed by atoms with E-state index in [4.69, 9.17) is 4.74 Å². The minimum absolute atomic E-state index is 0.0235. The fourth-order valence-corrected chi connectivity index (χ4v) is 13.1. The molecule has 6 nitrogen and oxygen atoms in total. The smallest absolute Gasteiger partial charge is 0.305 e. The van der Waals surface area contributed by atoms with Crippen LogP contribution >= 0.6 is 0 Å². The van der Waals surface area contributed by atoms with Crippen molar-refractivity contribution >= 4 is 11.9 Å². The fourth-order valence-electron chi connectivity index (χ4n) is 13.1. The summed E-state index contributed by atoms with van der Waals surface area (Å²) < 4.78 is 5.52. The highest BCUT2D eigenvalue weighted by atomic mass is 16.5. The highest BCUT2D eigenvalue weighted by Crippen LogP contribution is 2.21. The first-order chi connectivity index (χ1) is 42.0. The number of rotatable bonds is 76. The Bertz CT molecular complexity index is 1240. The quantitative estimate of drug-likeness (QED) is 0.0417. The summed E-state index contributed by atoms with van der Waals surface area (Å²) in [5.41, 5.74) is 0. The number of nitrogens with one attached hydrogen (secondary N) is 1. The molecule has 6 heteroatoms. The van der Waals surface area contributed by atoms with Gasteiger partial charge in [0.15, 0.2) is 0 Å². The second-order valence-corrected chi connectivity index (χ2v) is 27.8. The molecule has 508 valence electrons. The van der Waals surface area contributed by atoms with Crippen LogP contribution in [0.25, 0.3) is 0 Å². The van der Waals surface area contributed by atoms with E-state index in [1.54, 1.807) is 0 Å². The minimum Gasteiger partial charge on any atom is -0.466 e. The van der Waals surface area contributed by atoms with Crippen LogP contribution in [0.15, 0.2) is 0 Å². The lowest BCUT2D eigenvalue weighted by molar-refractivity contribution is -0.143. The Kier molecular flexibility index (Phi) is 74.3. The molecule has 0 saturated carbocycles. The lowest BCUT2D eigenvalue weighted by atomic mass is 10.0. The molecule has 0 fully saturated rings. The number of esters is 1. The minimum atomic E-state index is -0.663. The second-order valence-electron chi connectivity index (χ2n) is 27.8. The molecule has 0 bridgehead atoms. The van der Waals surface area contributed by atoms with Gasteiger partial charge in [-0.15, -0.1) is 0 Å². The van der Waals surface area contributed by atoms with Crippen molar-refractivity contribution in [2.75, 3.05) is 13.2 Å². The van der Waals surface area contributed by atoms with Crippen molar-refractivity contribution < 1.29 is 24.5 Å². The number of ether oxygens (including phenoxy) is 1. The Morgan fingerprint density at radius 1 is 0.282 bits per heavy atom. The molecule has 0 aliphatic heterocycles. The maximum Gasteiger partial charge on any atom is 0.305 e. The van der Waals surface area contributed by atoms with E-state index >= 15 is 0 Å². The van der Waals surface area contributed by atoms with Gasteiger partial charge in [0.25, 0.3) is 0 Å². The zero-order valence-corrected chi connectivity index (χ0v) is 58.4. The van der Waals surface area contributed by atoms with Crippen molar-refractivity contribution in [3.63, 3.8) is 0 Å². The summed E-state index contributed by atoms with van der Waals surface area (Å²) in [7, 11) is 0.